The molecule has 0 aliphatic carbocycles. The molecule has 4 N–H and O–H groups in total. The van der Waals surface area contributed by atoms with Gasteiger partial charge in [0.25, 0.3) is 5.91 Å². The molecule has 158 valence electrons. The van der Waals surface area contributed by atoms with Crippen LogP contribution in [0.25, 0.3) is 11.3 Å². The number of benzene rings is 1. The summed E-state index contributed by atoms with van der Waals surface area (Å²) in [6, 6.07) is 11.4. The monoisotopic (exact) mass is 405 g/mol. The number of amides is 1. The highest BCUT2D eigenvalue weighted by Crippen LogP contribution is 2.20. The number of carbonyl (C=O) groups is 1. The second-order valence-electron chi connectivity index (χ2n) is 7.68. The molecule has 0 radical (unpaired) electrons. The molecule has 30 heavy (non-hydrogen) atoms. The number of carbonyl (C=O) groups excluding carboxylic acids is 1. The van der Waals surface area contributed by atoms with Crippen molar-refractivity contribution in [3.05, 3.63) is 71.2 Å². The maximum absolute atomic E-state index is 12.8. The Kier molecular flexibility index (Phi) is 6.90. The van der Waals surface area contributed by atoms with Crippen LogP contribution in [-0.4, -0.2) is 28.9 Å². The van der Waals surface area contributed by atoms with Gasteiger partial charge in [0, 0.05) is 29.0 Å². The number of fused-ring (bicyclic) bond motifs is 1. The first-order valence-corrected chi connectivity index (χ1v) is 10.4. The van der Waals surface area contributed by atoms with Crippen molar-refractivity contribution < 1.29 is 4.79 Å². The number of aromatic nitrogens is 2. The lowest BCUT2D eigenvalue weighted by atomic mass is 9.99. The van der Waals surface area contributed by atoms with Gasteiger partial charge < -0.3 is 20.8 Å². The summed E-state index contributed by atoms with van der Waals surface area (Å²) < 4.78 is 1.93. The molecule has 3 rings (SSSR count). The smallest absolute Gasteiger partial charge is 0.259 e. The number of hydrogen-bond acceptors (Lipinski definition) is 4. The summed E-state index contributed by atoms with van der Waals surface area (Å²) in [7, 11) is 1.96. The van der Waals surface area contributed by atoms with Crippen molar-refractivity contribution in [2.24, 2.45) is 11.7 Å². The van der Waals surface area contributed by atoms with Gasteiger partial charge in [0.2, 0.25) is 0 Å². The lowest BCUT2D eigenvalue weighted by Crippen LogP contribution is -2.13. The SMILES string of the molecule is CCC(/C=C(\N)c1ccc(NC(=O)c2ccn3c(C)cc(C)nc23)cc1)CCNC. The lowest BCUT2D eigenvalue weighted by Gasteiger charge is -2.12. The van der Waals surface area contributed by atoms with Crippen LogP contribution in [0.1, 0.15) is 47.1 Å². The zero-order valence-electron chi connectivity index (χ0n) is 18.2. The second kappa shape index (κ2) is 9.59. The lowest BCUT2D eigenvalue weighted by molar-refractivity contribution is 0.102. The second-order valence-corrected chi connectivity index (χ2v) is 7.68. The topological polar surface area (TPSA) is 84.5 Å². The van der Waals surface area contributed by atoms with Crippen LogP contribution in [0.15, 0.2) is 48.7 Å². The molecule has 0 saturated heterocycles. The Balaban J connectivity index is 1.73. The molecule has 2 aromatic heterocycles. The Labute approximate surface area is 178 Å². The van der Waals surface area contributed by atoms with Gasteiger partial charge in [-0.25, -0.2) is 4.98 Å². The Morgan fingerprint density at radius 1 is 1.23 bits per heavy atom. The zero-order valence-corrected chi connectivity index (χ0v) is 18.2. The molecular weight excluding hydrogens is 374 g/mol. The number of allylic oxidation sites excluding steroid dienone is 1. The Bertz CT molecular complexity index is 1050. The van der Waals surface area contributed by atoms with E-state index in [9.17, 15) is 4.79 Å². The van der Waals surface area contributed by atoms with E-state index >= 15 is 0 Å². The van der Waals surface area contributed by atoms with E-state index in [0.29, 0.717) is 17.1 Å². The highest BCUT2D eigenvalue weighted by molar-refractivity contribution is 6.08. The molecule has 0 fully saturated rings. The number of rotatable bonds is 8. The highest BCUT2D eigenvalue weighted by atomic mass is 16.1. The molecule has 6 heteroatoms. The molecular formula is C24H31N5O. The Hall–Kier alpha value is -3.12. The standard InChI is InChI=1S/C24H31N5O/c1-5-18(10-12-26-4)15-22(25)19-6-8-20(9-7-19)28-24(30)21-11-13-29-17(3)14-16(2)27-23(21)29/h6-9,11,13-15,18,26H,5,10,12,25H2,1-4H3,(H,28,30)/b22-15-. The number of nitrogens with zero attached hydrogens (tertiary/aromatic N) is 2. The van der Waals surface area contributed by atoms with Gasteiger partial charge >= 0.3 is 0 Å². The van der Waals surface area contributed by atoms with Crippen molar-refractivity contribution >= 4 is 22.9 Å². The van der Waals surface area contributed by atoms with Gasteiger partial charge in [-0.15, -0.1) is 0 Å². The van der Waals surface area contributed by atoms with E-state index in [1.807, 2.05) is 61.8 Å². The summed E-state index contributed by atoms with van der Waals surface area (Å²) in [4.78, 5) is 17.3. The number of hydrogen-bond donors (Lipinski definition) is 3. The molecule has 1 unspecified atom stereocenters. The molecule has 1 atom stereocenters. The third-order valence-corrected chi connectivity index (χ3v) is 5.36. The molecule has 1 amide bonds. The summed E-state index contributed by atoms with van der Waals surface area (Å²) in [5.74, 6) is 0.267. The van der Waals surface area contributed by atoms with Gasteiger partial charge in [-0.2, -0.15) is 0 Å². The largest absolute Gasteiger partial charge is 0.398 e. The van der Waals surface area contributed by atoms with Gasteiger partial charge in [-0.05, 0) is 76.0 Å². The fourth-order valence-corrected chi connectivity index (χ4v) is 3.60. The summed E-state index contributed by atoms with van der Waals surface area (Å²) in [6.45, 7) is 7.07. The van der Waals surface area contributed by atoms with E-state index in [0.717, 1.165) is 47.7 Å². The van der Waals surface area contributed by atoms with Crippen molar-refractivity contribution in [3.63, 3.8) is 0 Å². The van der Waals surface area contributed by atoms with Crippen LogP contribution in [0.5, 0.6) is 0 Å². The average molecular weight is 406 g/mol. The predicted molar refractivity (Wildman–Crippen MR) is 124 cm³/mol. The quantitative estimate of drug-likeness (QED) is 0.526. The number of aryl methyl sites for hydroxylation is 2. The maximum Gasteiger partial charge on any atom is 0.259 e. The van der Waals surface area contributed by atoms with Crippen molar-refractivity contribution in [3.8, 4) is 0 Å². The fourth-order valence-electron chi connectivity index (χ4n) is 3.60. The fraction of sp³-hybridized carbons (Fsp3) is 0.333. The first-order valence-electron chi connectivity index (χ1n) is 10.4. The maximum atomic E-state index is 12.8. The van der Waals surface area contributed by atoms with Crippen LogP contribution in [0.3, 0.4) is 0 Å². The normalized spacial score (nSPS) is 12.9. The van der Waals surface area contributed by atoms with Crippen LogP contribution in [-0.2, 0) is 0 Å². The minimum absolute atomic E-state index is 0.177. The minimum atomic E-state index is -0.177. The molecule has 2 heterocycles. The molecule has 0 spiro atoms. The number of nitrogens with two attached hydrogens (primary N) is 1. The van der Waals surface area contributed by atoms with Crippen molar-refractivity contribution in [1.82, 2.24) is 14.7 Å². The van der Waals surface area contributed by atoms with Crippen LogP contribution in [0.2, 0.25) is 0 Å². The van der Waals surface area contributed by atoms with Crippen molar-refractivity contribution in [2.45, 2.75) is 33.6 Å². The van der Waals surface area contributed by atoms with E-state index in [2.05, 4.69) is 28.6 Å². The number of nitrogens with one attached hydrogen (secondary N) is 2. The molecule has 6 nitrogen and oxygen atoms in total. The Morgan fingerprint density at radius 3 is 2.63 bits per heavy atom. The molecule has 0 aliphatic heterocycles. The first-order chi connectivity index (χ1) is 14.4. The third-order valence-electron chi connectivity index (χ3n) is 5.36. The molecule has 1 aromatic carbocycles. The van der Waals surface area contributed by atoms with Crippen molar-refractivity contribution in [2.75, 3.05) is 18.9 Å². The average Bonchev–Trinajstić information content (AvgIpc) is 3.15. The minimum Gasteiger partial charge on any atom is -0.398 e. The van der Waals surface area contributed by atoms with Gasteiger partial charge in [-0.1, -0.05) is 25.1 Å². The van der Waals surface area contributed by atoms with E-state index in [1.165, 1.54) is 0 Å². The molecule has 0 aliphatic rings. The summed E-state index contributed by atoms with van der Waals surface area (Å²) in [5, 5.41) is 6.14. The van der Waals surface area contributed by atoms with Crippen LogP contribution >= 0.6 is 0 Å². The first kappa shape index (κ1) is 21.6. The van der Waals surface area contributed by atoms with Crippen LogP contribution in [0, 0.1) is 19.8 Å². The third kappa shape index (κ3) is 4.89. The van der Waals surface area contributed by atoms with Gasteiger partial charge in [0.15, 0.2) is 0 Å². The van der Waals surface area contributed by atoms with Crippen molar-refractivity contribution in [1.29, 1.82) is 0 Å². The van der Waals surface area contributed by atoms with E-state index < -0.39 is 0 Å². The number of anilines is 1. The van der Waals surface area contributed by atoms with E-state index in [-0.39, 0.29) is 5.91 Å². The van der Waals surface area contributed by atoms with Gasteiger partial charge in [0.05, 0.1) is 5.56 Å². The van der Waals surface area contributed by atoms with Gasteiger partial charge in [-0.3, -0.25) is 4.79 Å². The van der Waals surface area contributed by atoms with Crippen LogP contribution < -0.4 is 16.4 Å². The molecule has 3 aromatic rings. The highest BCUT2D eigenvalue weighted by Gasteiger charge is 2.14. The van der Waals surface area contributed by atoms with E-state index in [4.69, 9.17) is 5.73 Å². The molecule has 0 bridgehead atoms. The van der Waals surface area contributed by atoms with Crippen LogP contribution in [0.4, 0.5) is 5.69 Å². The Morgan fingerprint density at radius 2 is 1.97 bits per heavy atom. The summed E-state index contributed by atoms with van der Waals surface area (Å²) in [6.07, 6.45) is 6.11. The molecule has 0 saturated carbocycles. The summed E-state index contributed by atoms with van der Waals surface area (Å²) in [5.41, 5.74) is 11.9. The summed E-state index contributed by atoms with van der Waals surface area (Å²) >= 11 is 0. The zero-order chi connectivity index (χ0) is 21.7. The predicted octanol–water partition coefficient (Wildman–Crippen LogP) is 4.14. The van der Waals surface area contributed by atoms with Gasteiger partial charge in [0.1, 0.15) is 5.65 Å². The van der Waals surface area contributed by atoms with E-state index in [1.54, 1.807) is 6.07 Å².